The van der Waals surface area contributed by atoms with Crippen molar-refractivity contribution >= 4 is 28.9 Å². The van der Waals surface area contributed by atoms with Gasteiger partial charge in [-0.05, 0) is 37.1 Å². The number of carbonyl (C=O) groups excluding carboxylic acids is 1. The molecule has 1 amide bonds. The summed E-state index contributed by atoms with van der Waals surface area (Å²) in [5.41, 5.74) is 1.51. The third-order valence-corrected chi connectivity index (χ3v) is 3.58. The summed E-state index contributed by atoms with van der Waals surface area (Å²) in [5, 5.41) is 14.2. The topological polar surface area (TPSA) is 81.5 Å². The third-order valence-electron chi connectivity index (χ3n) is 3.34. The van der Waals surface area contributed by atoms with Crippen LogP contribution < -0.4 is 10.1 Å². The van der Waals surface area contributed by atoms with E-state index in [0.29, 0.717) is 17.1 Å². The predicted octanol–water partition coefficient (Wildman–Crippen LogP) is 4.35. The van der Waals surface area contributed by atoms with E-state index in [1.165, 1.54) is 12.1 Å². The summed E-state index contributed by atoms with van der Waals surface area (Å²) < 4.78 is 5.40. The Morgan fingerprint density at radius 3 is 2.79 bits per heavy atom. The number of anilines is 1. The highest BCUT2D eigenvalue weighted by atomic mass is 35.5. The Hall–Kier alpha value is -2.60. The minimum absolute atomic E-state index is 0.0866. The molecular formula is C17H17ClN2O4. The van der Waals surface area contributed by atoms with Gasteiger partial charge in [0.1, 0.15) is 0 Å². The van der Waals surface area contributed by atoms with Crippen LogP contribution in [0.4, 0.5) is 11.4 Å². The van der Waals surface area contributed by atoms with Crippen molar-refractivity contribution < 1.29 is 14.5 Å². The summed E-state index contributed by atoms with van der Waals surface area (Å²) >= 11 is 5.91. The van der Waals surface area contributed by atoms with Gasteiger partial charge in [0, 0.05) is 23.2 Å². The van der Waals surface area contributed by atoms with E-state index in [0.717, 1.165) is 5.56 Å². The van der Waals surface area contributed by atoms with E-state index in [2.05, 4.69) is 5.32 Å². The molecule has 0 radical (unpaired) electrons. The number of nitrogens with zero attached hydrogens (tertiary/aromatic N) is 1. The first-order valence-corrected chi connectivity index (χ1v) is 7.77. The van der Waals surface area contributed by atoms with Gasteiger partial charge in [0.2, 0.25) is 5.91 Å². The lowest BCUT2D eigenvalue weighted by Crippen LogP contribution is -2.13. The standard InChI is InChI=1S/C17H17ClN2O4/c1-12-8-9-13(18)11-14(12)19-17(21)7-4-10-24-16-6-3-2-5-15(16)20(22)23/h2-3,5-6,8-9,11H,4,7,10H2,1H3,(H,19,21). The largest absolute Gasteiger partial charge is 0.487 e. The SMILES string of the molecule is Cc1ccc(Cl)cc1NC(=O)CCCOc1ccccc1[N+](=O)[O-]. The minimum Gasteiger partial charge on any atom is -0.487 e. The van der Waals surface area contributed by atoms with Crippen molar-refractivity contribution in [2.24, 2.45) is 0 Å². The van der Waals surface area contributed by atoms with Crippen molar-refractivity contribution in [3.63, 3.8) is 0 Å². The van der Waals surface area contributed by atoms with Crippen molar-refractivity contribution in [2.75, 3.05) is 11.9 Å². The molecule has 0 fully saturated rings. The van der Waals surface area contributed by atoms with Crippen molar-refractivity contribution in [3.05, 3.63) is 63.2 Å². The van der Waals surface area contributed by atoms with Crippen LogP contribution in [0.15, 0.2) is 42.5 Å². The minimum atomic E-state index is -0.496. The number of halogens is 1. The molecule has 6 nitrogen and oxygen atoms in total. The number of hydrogen-bond acceptors (Lipinski definition) is 4. The van der Waals surface area contributed by atoms with E-state index >= 15 is 0 Å². The van der Waals surface area contributed by atoms with Crippen LogP contribution in [0.25, 0.3) is 0 Å². The van der Waals surface area contributed by atoms with Crippen LogP contribution >= 0.6 is 11.6 Å². The number of para-hydroxylation sites is 2. The number of benzene rings is 2. The lowest BCUT2D eigenvalue weighted by Gasteiger charge is -2.09. The average Bonchev–Trinajstić information content (AvgIpc) is 2.55. The fourth-order valence-electron chi connectivity index (χ4n) is 2.09. The molecule has 0 saturated heterocycles. The first-order chi connectivity index (χ1) is 11.5. The van der Waals surface area contributed by atoms with Crippen molar-refractivity contribution in [2.45, 2.75) is 19.8 Å². The molecule has 7 heteroatoms. The molecule has 126 valence electrons. The van der Waals surface area contributed by atoms with Crippen LogP contribution in [0.5, 0.6) is 5.75 Å². The molecule has 0 spiro atoms. The number of carbonyl (C=O) groups is 1. The van der Waals surface area contributed by atoms with Gasteiger partial charge in [-0.15, -0.1) is 0 Å². The van der Waals surface area contributed by atoms with Crippen LogP contribution in [0.2, 0.25) is 5.02 Å². The van der Waals surface area contributed by atoms with E-state index in [-0.39, 0.29) is 30.4 Å². The lowest BCUT2D eigenvalue weighted by molar-refractivity contribution is -0.385. The van der Waals surface area contributed by atoms with Gasteiger partial charge in [-0.1, -0.05) is 29.8 Å². The molecule has 24 heavy (non-hydrogen) atoms. The second-order valence-electron chi connectivity index (χ2n) is 5.18. The summed E-state index contributed by atoms with van der Waals surface area (Å²) in [5.74, 6) is 0.0418. The van der Waals surface area contributed by atoms with Crippen molar-refractivity contribution in [1.29, 1.82) is 0 Å². The Labute approximate surface area is 144 Å². The molecule has 0 heterocycles. The van der Waals surface area contributed by atoms with Gasteiger partial charge >= 0.3 is 5.69 Å². The van der Waals surface area contributed by atoms with Gasteiger partial charge in [-0.2, -0.15) is 0 Å². The smallest absolute Gasteiger partial charge is 0.310 e. The molecule has 0 bridgehead atoms. The van der Waals surface area contributed by atoms with Gasteiger partial charge in [-0.25, -0.2) is 0 Å². The Morgan fingerprint density at radius 2 is 2.04 bits per heavy atom. The first-order valence-electron chi connectivity index (χ1n) is 7.39. The molecule has 0 atom stereocenters. The zero-order chi connectivity index (χ0) is 17.5. The van der Waals surface area contributed by atoms with Crippen LogP contribution in [0.3, 0.4) is 0 Å². The number of hydrogen-bond donors (Lipinski definition) is 1. The van der Waals surface area contributed by atoms with Crippen LogP contribution in [0.1, 0.15) is 18.4 Å². The number of amides is 1. The molecule has 0 aromatic heterocycles. The Kier molecular flexibility index (Phi) is 6.14. The Morgan fingerprint density at radius 1 is 1.29 bits per heavy atom. The Balaban J connectivity index is 1.81. The number of rotatable bonds is 7. The maximum Gasteiger partial charge on any atom is 0.310 e. The fourth-order valence-corrected chi connectivity index (χ4v) is 2.26. The van der Waals surface area contributed by atoms with Crippen LogP contribution in [-0.4, -0.2) is 17.4 Å². The molecule has 1 N–H and O–H groups in total. The quantitative estimate of drug-likeness (QED) is 0.458. The molecule has 0 aliphatic rings. The maximum atomic E-state index is 11.9. The van der Waals surface area contributed by atoms with E-state index in [1.54, 1.807) is 24.3 Å². The summed E-state index contributed by atoms with van der Waals surface area (Å²) in [4.78, 5) is 22.3. The highest BCUT2D eigenvalue weighted by Gasteiger charge is 2.13. The van der Waals surface area contributed by atoms with Crippen molar-refractivity contribution in [1.82, 2.24) is 0 Å². The van der Waals surface area contributed by atoms with E-state index in [9.17, 15) is 14.9 Å². The average molecular weight is 349 g/mol. The molecule has 2 rings (SSSR count). The summed E-state index contributed by atoms with van der Waals surface area (Å²) in [6.45, 7) is 2.09. The molecule has 2 aromatic carbocycles. The number of nitrogens with one attached hydrogen (secondary N) is 1. The Bertz CT molecular complexity index is 749. The first kappa shape index (κ1) is 17.7. The predicted molar refractivity (Wildman–Crippen MR) is 92.6 cm³/mol. The van der Waals surface area contributed by atoms with Crippen LogP contribution in [-0.2, 0) is 4.79 Å². The second kappa shape index (κ2) is 8.31. The second-order valence-corrected chi connectivity index (χ2v) is 5.62. The summed E-state index contributed by atoms with van der Waals surface area (Å²) in [6.07, 6.45) is 0.685. The fraction of sp³-hybridized carbons (Fsp3) is 0.235. The number of aryl methyl sites for hydroxylation is 1. The van der Waals surface area contributed by atoms with Gasteiger partial charge in [-0.3, -0.25) is 14.9 Å². The molecule has 0 aliphatic heterocycles. The molecule has 2 aromatic rings. The molecule has 0 unspecified atom stereocenters. The van der Waals surface area contributed by atoms with Gasteiger partial charge in [0.25, 0.3) is 0 Å². The summed E-state index contributed by atoms with van der Waals surface area (Å²) in [7, 11) is 0. The zero-order valence-corrected chi connectivity index (χ0v) is 13.9. The normalized spacial score (nSPS) is 10.2. The van der Waals surface area contributed by atoms with Gasteiger partial charge < -0.3 is 10.1 Å². The monoisotopic (exact) mass is 348 g/mol. The van der Waals surface area contributed by atoms with Crippen molar-refractivity contribution in [3.8, 4) is 5.75 Å². The highest BCUT2D eigenvalue weighted by molar-refractivity contribution is 6.31. The van der Waals surface area contributed by atoms with E-state index < -0.39 is 4.92 Å². The van der Waals surface area contributed by atoms with E-state index in [4.69, 9.17) is 16.3 Å². The maximum absolute atomic E-state index is 11.9. The van der Waals surface area contributed by atoms with Crippen LogP contribution in [0, 0.1) is 17.0 Å². The number of ether oxygens (including phenoxy) is 1. The number of nitro benzene ring substituents is 1. The highest BCUT2D eigenvalue weighted by Crippen LogP contribution is 2.26. The van der Waals surface area contributed by atoms with E-state index in [1.807, 2.05) is 13.0 Å². The van der Waals surface area contributed by atoms with Gasteiger partial charge in [0.05, 0.1) is 11.5 Å². The molecular weight excluding hydrogens is 332 g/mol. The molecule has 0 saturated carbocycles. The lowest BCUT2D eigenvalue weighted by atomic mass is 10.2. The molecule has 0 aliphatic carbocycles. The zero-order valence-electron chi connectivity index (χ0n) is 13.1. The summed E-state index contributed by atoms with van der Waals surface area (Å²) in [6, 6.07) is 11.4. The number of nitro groups is 1. The third kappa shape index (κ3) is 4.96. The van der Waals surface area contributed by atoms with Gasteiger partial charge in [0.15, 0.2) is 5.75 Å².